The van der Waals surface area contributed by atoms with Gasteiger partial charge in [0.1, 0.15) is 0 Å². The Hall–Kier alpha value is -0.820. The highest BCUT2D eigenvalue weighted by Gasteiger charge is 2.14. The van der Waals surface area contributed by atoms with Gasteiger partial charge in [0.2, 0.25) is 0 Å². The summed E-state index contributed by atoms with van der Waals surface area (Å²) >= 11 is 8.80. The van der Waals surface area contributed by atoms with Gasteiger partial charge in [-0.2, -0.15) is 0 Å². The van der Waals surface area contributed by atoms with E-state index in [1.54, 1.807) is 0 Å². The zero-order valence-corrected chi connectivity index (χ0v) is 11.1. The number of H-pyrrole nitrogens is 1. The van der Waals surface area contributed by atoms with Crippen LogP contribution in [-0.4, -0.2) is 16.5 Å². The van der Waals surface area contributed by atoms with Gasteiger partial charge in [0.15, 0.2) is 5.16 Å². The average molecular weight is 288 g/mol. The van der Waals surface area contributed by atoms with Crippen LogP contribution >= 0.6 is 34.7 Å². The lowest BCUT2D eigenvalue weighted by Gasteiger charge is -2.10. The minimum atomic E-state index is -0.164. The summed E-state index contributed by atoms with van der Waals surface area (Å²) in [5.74, 6) is 0. The molecule has 2 aromatic heterocycles. The number of nitrogens with two attached hydrogens (primary N) is 1. The number of aromatic amines is 1. The van der Waals surface area contributed by atoms with Crippen molar-refractivity contribution in [3.05, 3.63) is 44.0 Å². The van der Waals surface area contributed by atoms with Crippen LogP contribution in [0.1, 0.15) is 10.1 Å². The fourth-order valence-corrected chi connectivity index (χ4v) is 3.46. The second kappa shape index (κ2) is 5.68. The highest BCUT2D eigenvalue weighted by Crippen LogP contribution is 2.37. The van der Waals surface area contributed by atoms with Crippen molar-refractivity contribution < 1.29 is 0 Å². The van der Waals surface area contributed by atoms with E-state index in [2.05, 4.69) is 9.97 Å². The summed E-state index contributed by atoms with van der Waals surface area (Å²) in [7, 11) is 0. The van der Waals surface area contributed by atoms with Crippen LogP contribution in [0.4, 0.5) is 0 Å². The molecule has 2 aromatic rings. The minimum absolute atomic E-state index is 0.0537. The predicted octanol–water partition coefficient (Wildman–Crippen LogP) is 2.28. The molecule has 0 saturated carbocycles. The molecular formula is C10H10ClN3OS2. The van der Waals surface area contributed by atoms with Crippen molar-refractivity contribution >= 4 is 34.7 Å². The molecule has 0 spiro atoms. The summed E-state index contributed by atoms with van der Waals surface area (Å²) in [5, 5.41) is 0.621. The van der Waals surface area contributed by atoms with Crippen molar-refractivity contribution in [2.24, 2.45) is 5.73 Å². The van der Waals surface area contributed by atoms with Crippen LogP contribution in [0.2, 0.25) is 4.34 Å². The molecule has 0 bridgehead atoms. The van der Waals surface area contributed by atoms with Gasteiger partial charge in [0, 0.05) is 23.7 Å². The molecule has 0 aliphatic heterocycles. The van der Waals surface area contributed by atoms with Crippen molar-refractivity contribution in [1.29, 1.82) is 0 Å². The number of nitrogens with one attached hydrogen (secondary N) is 1. The molecule has 0 saturated heterocycles. The van der Waals surface area contributed by atoms with Crippen LogP contribution in [0.3, 0.4) is 0 Å². The second-order valence-electron chi connectivity index (χ2n) is 3.22. The van der Waals surface area contributed by atoms with Gasteiger partial charge in [-0.3, -0.25) is 4.79 Å². The third kappa shape index (κ3) is 3.32. The highest BCUT2D eigenvalue weighted by molar-refractivity contribution is 7.99. The highest BCUT2D eigenvalue weighted by atomic mass is 35.5. The summed E-state index contributed by atoms with van der Waals surface area (Å²) in [6.07, 6.45) is 1.48. The van der Waals surface area contributed by atoms with E-state index in [9.17, 15) is 4.79 Å². The molecule has 7 heteroatoms. The quantitative estimate of drug-likeness (QED) is 0.668. The second-order valence-corrected chi connectivity index (χ2v) is 6.16. The van der Waals surface area contributed by atoms with E-state index < -0.39 is 0 Å². The van der Waals surface area contributed by atoms with Crippen LogP contribution in [0, 0.1) is 0 Å². The lowest BCUT2D eigenvalue weighted by molar-refractivity contribution is 0.905. The fraction of sp³-hybridized carbons (Fsp3) is 0.200. The number of nitrogens with zero attached hydrogens (tertiary/aromatic N) is 1. The molecule has 0 amide bonds. The van der Waals surface area contributed by atoms with Crippen molar-refractivity contribution in [1.82, 2.24) is 9.97 Å². The summed E-state index contributed by atoms with van der Waals surface area (Å²) in [5.41, 5.74) is 5.56. The molecule has 0 fully saturated rings. The van der Waals surface area contributed by atoms with E-state index in [1.807, 2.05) is 12.1 Å². The maximum atomic E-state index is 11.1. The Morgan fingerprint density at radius 1 is 1.53 bits per heavy atom. The van der Waals surface area contributed by atoms with Crippen molar-refractivity contribution in [2.45, 2.75) is 10.4 Å². The Balaban J connectivity index is 2.18. The Morgan fingerprint density at radius 2 is 2.35 bits per heavy atom. The maximum absolute atomic E-state index is 11.1. The fourth-order valence-electron chi connectivity index (χ4n) is 1.27. The van der Waals surface area contributed by atoms with Crippen LogP contribution in [0.25, 0.3) is 0 Å². The maximum Gasteiger partial charge on any atom is 0.251 e. The first-order valence-electron chi connectivity index (χ1n) is 4.86. The Morgan fingerprint density at radius 3 is 2.94 bits per heavy atom. The molecule has 2 heterocycles. The first kappa shape index (κ1) is 12.6. The number of rotatable bonds is 4. The van der Waals surface area contributed by atoms with Crippen LogP contribution in [0.5, 0.6) is 0 Å². The zero-order valence-electron chi connectivity index (χ0n) is 8.72. The molecule has 3 N–H and O–H groups in total. The number of aromatic nitrogens is 2. The summed E-state index contributed by atoms with van der Waals surface area (Å²) in [4.78, 5) is 19.0. The number of halogens is 1. The monoisotopic (exact) mass is 287 g/mol. The van der Waals surface area contributed by atoms with Gasteiger partial charge in [0.25, 0.3) is 5.56 Å². The van der Waals surface area contributed by atoms with E-state index in [4.69, 9.17) is 17.3 Å². The summed E-state index contributed by atoms with van der Waals surface area (Å²) < 4.78 is 0.730. The van der Waals surface area contributed by atoms with E-state index in [0.717, 1.165) is 9.21 Å². The van der Waals surface area contributed by atoms with E-state index >= 15 is 0 Å². The predicted molar refractivity (Wildman–Crippen MR) is 71.8 cm³/mol. The van der Waals surface area contributed by atoms with Gasteiger partial charge in [-0.15, -0.1) is 11.3 Å². The zero-order chi connectivity index (χ0) is 12.3. The molecule has 0 radical (unpaired) electrons. The molecule has 4 nitrogen and oxygen atoms in total. The van der Waals surface area contributed by atoms with E-state index in [1.165, 1.54) is 35.4 Å². The summed E-state index contributed by atoms with van der Waals surface area (Å²) in [6.45, 7) is 0.458. The molecule has 0 aromatic carbocycles. The smallest absolute Gasteiger partial charge is 0.251 e. The molecule has 2 rings (SSSR count). The topological polar surface area (TPSA) is 71.8 Å². The largest absolute Gasteiger partial charge is 0.329 e. The van der Waals surface area contributed by atoms with Crippen LogP contribution in [-0.2, 0) is 0 Å². The third-order valence-electron chi connectivity index (χ3n) is 2.03. The van der Waals surface area contributed by atoms with Gasteiger partial charge in [-0.25, -0.2) is 4.98 Å². The van der Waals surface area contributed by atoms with Gasteiger partial charge in [-0.1, -0.05) is 23.4 Å². The number of hydrogen-bond acceptors (Lipinski definition) is 5. The molecule has 90 valence electrons. The average Bonchev–Trinajstić information content (AvgIpc) is 2.73. The molecule has 1 atom stereocenters. The van der Waals surface area contributed by atoms with Crippen molar-refractivity contribution in [3.8, 4) is 0 Å². The lowest BCUT2D eigenvalue weighted by atomic mass is 10.3. The van der Waals surface area contributed by atoms with Crippen molar-refractivity contribution in [3.63, 3.8) is 0 Å². The molecule has 0 aliphatic rings. The molecule has 17 heavy (non-hydrogen) atoms. The lowest BCUT2D eigenvalue weighted by Crippen LogP contribution is -2.11. The Kier molecular flexibility index (Phi) is 4.22. The number of hydrogen-bond donors (Lipinski definition) is 2. The van der Waals surface area contributed by atoms with Crippen LogP contribution < -0.4 is 11.3 Å². The third-order valence-corrected chi connectivity index (χ3v) is 4.68. The molecular weight excluding hydrogens is 278 g/mol. The SMILES string of the molecule is NCC(Sc1nccc(=O)[nH]1)c1ccc(Cl)s1. The van der Waals surface area contributed by atoms with Crippen LogP contribution in [0.15, 0.2) is 34.3 Å². The van der Waals surface area contributed by atoms with Gasteiger partial charge in [0.05, 0.1) is 9.59 Å². The summed E-state index contributed by atoms with van der Waals surface area (Å²) in [6, 6.07) is 5.16. The Labute approximate surface area is 111 Å². The van der Waals surface area contributed by atoms with E-state index in [0.29, 0.717) is 11.7 Å². The molecule has 1 unspecified atom stereocenters. The van der Waals surface area contributed by atoms with Crippen molar-refractivity contribution in [2.75, 3.05) is 6.54 Å². The normalized spacial score (nSPS) is 12.6. The standard InChI is InChI=1S/C10H10ClN3OS2/c11-8-2-1-6(16-8)7(5-12)17-10-13-4-3-9(15)14-10/h1-4,7H,5,12H2,(H,13,14,15). The van der Waals surface area contributed by atoms with Gasteiger partial charge in [-0.05, 0) is 12.1 Å². The molecule has 0 aliphatic carbocycles. The minimum Gasteiger partial charge on any atom is -0.329 e. The first-order valence-corrected chi connectivity index (χ1v) is 6.93. The van der Waals surface area contributed by atoms with E-state index in [-0.39, 0.29) is 10.8 Å². The van der Waals surface area contributed by atoms with Gasteiger partial charge >= 0.3 is 0 Å². The first-order chi connectivity index (χ1) is 8.19. The Bertz CT molecular complexity index is 554. The number of thioether (sulfide) groups is 1. The number of thiophene rings is 1. The van der Waals surface area contributed by atoms with Gasteiger partial charge < -0.3 is 10.7 Å².